The third kappa shape index (κ3) is 5.17. The minimum atomic E-state index is -3.79. The van der Waals surface area contributed by atoms with Gasteiger partial charge >= 0.3 is 6.03 Å². The van der Waals surface area contributed by atoms with Crippen molar-refractivity contribution in [3.05, 3.63) is 142 Å². The minimum absolute atomic E-state index is 0.170. The van der Waals surface area contributed by atoms with E-state index >= 15 is 4.21 Å². The molecule has 5 aromatic rings. The topological polar surface area (TPSA) is 97.6 Å². The Balaban J connectivity index is 1.35. The Labute approximate surface area is 281 Å². The molecule has 2 N–H and O–H groups in total. The number of carbonyl (C=O) groups is 1. The van der Waals surface area contributed by atoms with Gasteiger partial charge in [0.25, 0.3) is 0 Å². The zero-order valence-corrected chi connectivity index (χ0v) is 28.1. The summed E-state index contributed by atoms with van der Waals surface area (Å²) in [5.41, 5.74) is 6.79. The molecule has 0 saturated heterocycles. The van der Waals surface area contributed by atoms with Crippen LogP contribution in [0.25, 0.3) is 0 Å². The van der Waals surface area contributed by atoms with Gasteiger partial charge in [-0.3, -0.25) is 0 Å². The summed E-state index contributed by atoms with van der Waals surface area (Å²) < 4.78 is 32.2. The van der Waals surface area contributed by atoms with Gasteiger partial charge < -0.3 is 10.1 Å². The lowest BCUT2D eigenvalue weighted by molar-refractivity contribution is 0.0971. The third-order valence-electron chi connectivity index (χ3n) is 9.79. The summed E-state index contributed by atoms with van der Waals surface area (Å²) in [6.07, 6.45) is 6.45. The average molecular weight is 658 g/mol. The van der Waals surface area contributed by atoms with Gasteiger partial charge in [0.2, 0.25) is 5.88 Å². The number of ether oxygens (including phenoxy) is 1. The van der Waals surface area contributed by atoms with Crippen molar-refractivity contribution in [3.8, 4) is 5.88 Å². The van der Waals surface area contributed by atoms with E-state index < -0.39 is 21.5 Å². The lowest BCUT2D eigenvalue weighted by atomic mass is 9.78. The lowest BCUT2D eigenvalue weighted by Gasteiger charge is -2.34. The summed E-state index contributed by atoms with van der Waals surface area (Å²) in [6.45, 7) is 5.19. The summed E-state index contributed by atoms with van der Waals surface area (Å²) in [5.74, 6) is 0.358. The van der Waals surface area contributed by atoms with Crippen LogP contribution in [0.15, 0.2) is 113 Å². The Kier molecular flexibility index (Phi) is 7.40. The number of aromatic nitrogens is 2. The number of benzene rings is 4. The molecule has 2 heterocycles. The van der Waals surface area contributed by atoms with E-state index in [-0.39, 0.29) is 10.3 Å². The highest BCUT2D eigenvalue weighted by Crippen LogP contribution is 2.44. The fourth-order valence-electron chi connectivity index (χ4n) is 7.39. The van der Waals surface area contributed by atoms with Crippen molar-refractivity contribution in [1.29, 1.82) is 0 Å². The fourth-order valence-corrected chi connectivity index (χ4v) is 9.24. The number of fused-ring (bicyclic) bond motifs is 3. The molecule has 0 radical (unpaired) electrons. The second kappa shape index (κ2) is 11.7. The highest BCUT2D eigenvalue weighted by Gasteiger charge is 2.41. The van der Waals surface area contributed by atoms with Gasteiger partial charge in [0.1, 0.15) is 10.4 Å². The lowest BCUT2D eigenvalue weighted by Crippen LogP contribution is -2.39. The van der Waals surface area contributed by atoms with Crippen LogP contribution in [-0.2, 0) is 47.7 Å². The summed E-state index contributed by atoms with van der Waals surface area (Å²) in [4.78, 5) is 14.5. The van der Waals surface area contributed by atoms with Gasteiger partial charge in [-0.2, -0.15) is 9.46 Å². The third-order valence-corrected chi connectivity index (χ3v) is 11.7. The van der Waals surface area contributed by atoms with Crippen LogP contribution < -0.4 is 14.8 Å². The highest BCUT2D eigenvalue weighted by atomic mass is 32.2. The van der Waals surface area contributed by atoms with E-state index in [2.05, 4.69) is 35.1 Å². The van der Waals surface area contributed by atoms with Crippen LogP contribution in [0.3, 0.4) is 0 Å². The van der Waals surface area contributed by atoms with Gasteiger partial charge in [0.15, 0.2) is 9.92 Å². The van der Waals surface area contributed by atoms with E-state index in [0.717, 1.165) is 54.5 Å². The molecular formula is C39H39N5O3S. The average Bonchev–Trinajstić information content (AvgIpc) is 3.73. The van der Waals surface area contributed by atoms with Crippen molar-refractivity contribution in [2.75, 3.05) is 11.9 Å². The van der Waals surface area contributed by atoms with Gasteiger partial charge in [-0.15, -0.1) is 0 Å². The first-order valence-corrected chi connectivity index (χ1v) is 18.2. The van der Waals surface area contributed by atoms with Crippen LogP contribution in [-0.4, -0.2) is 26.6 Å². The number of hydrogen-bond acceptors (Lipinski definition) is 5. The second-order valence-electron chi connectivity index (χ2n) is 13.8. The van der Waals surface area contributed by atoms with Crippen LogP contribution in [0.1, 0.15) is 59.2 Å². The monoisotopic (exact) mass is 657 g/mol. The first-order valence-electron chi connectivity index (χ1n) is 16.6. The van der Waals surface area contributed by atoms with Crippen molar-refractivity contribution in [3.63, 3.8) is 0 Å². The first-order chi connectivity index (χ1) is 23.3. The Morgan fingerprint density at radius 2 is 1.44 bits per heavy atom. The number of hydrogen-bond donors (Lipinski definition) is 2. The molecule has 0 fully saturated rings. The van der Waals surface area contributed by atoms with Crippen molar-refractivity contribution >= 4 is 21.6 Å². The summed E-state index contributed by atoms with van der Waals surface area (Å²) >= 11 is 0. The molecule has 244 valence electrons. The number of urea groups is 1. The van der Waals surface area contributed by atoms with E-state index in [4.69, 9.17) is 9.10 Å². The van der Waals surface area contributed by atoms with Crippen molar-refractivity contribution in [1.82, 2.24) is 14.5 Å². The Morgan fingerprint density at radius 3 is 2.02 bits per heavy atom. The van der Waals surface area contributed by atoms with Gasteiger partial charge in [0, 0.05) is 11.1 Å². The van der Waals surface area contributed by atoms with Gasteiger partial charge in [0.05, 0.1) is 19.3 Å². The normalized spacial score (nSPS) is 17.0. The summed E-state index contributed by atoms with van der Waals surface area (Å²) in [7, 11) is -3.79. The molecule has 3 aliphatic rings. The van der Waals surface area contributed by atoms with Crippen LogP contribution in [0.2, 0.25) is 0 Å². The van der Waals surface area contributed by atoms with E-state index in [1.54, 1.807) is 10.9 Å². The molecule has 8 rings (SSSR count). The van der Waals surface area contributed by atoms with Crippen LogP contribution in [0, 0.1) is 5.41 Å². The first kappa shape index (κ1) is 30.4. The van der Waals surface area contributed by atoms with Crippen LogP contribution in [0.4, 0.5) is 10.5 Å². The fraction of sp³-hybridized carbons (Fsp3) is 0.282. The SMILES string of the molecule is CC1(C)COc2c(S(=O)(=NC(c3ccccc3)(c3ccccc3)c3ccccc3)NC(=O)Nc3c4c(cc5c3CC5)CCC4)cnn2C1. The smallest absolute Gasteiger partial charge is 0.331 e. The molecule has 0 spiro atoms. The zero-order chi connectivity index (χ0) is 32.9. The summed E-state index contributed by atoms with van der Waals surface area (Å²) in [6, 6.07) is 31.2. The molecule has 8 nitrogen and oxygen atoms in total. The Morgan fingerprint density at radius 1 is 0.854 bits per heavy atom. The van der Waals surface area contributed by atoms with Crippen LogP contribution in [0.5, 0.6) is 5.88 Å². The van der Waals surface area contributed by atoms with E-state index in [0.29, 0.717) is 19.0 Å². The number of amides is 2. The molecule has 4 aromatic carbocycles. The molecule has 2 amide bonds. The largest absolute Gasteiger partial charge is 0.476 e. The number of rotatable bonds is 7. The molecule has 0 saturated carbocycles. The molecular weight excluding hydrogens is 619 g/mol. The van der Waals surface area contributed by atoms with E-state index in [9.17, 15) is 4.79 Å². The molecule has 1 aliphatic heterocycles. The van der Waals surface area contributed by atoms with Crippen molar-refractivity contribution in [2.45, 2.75) is 62.9 Å². The number of aryl methyl sites for hydroxylation is 2. The predicted octanol–water partition coefficient (Wildman–Crippen LogP) is 7.44. The zero-order valence-electron chi connectivity index (χ0n) is 27.2. The van der Waals surface area contributed by atoms with E-state index in [1.807, 2.05) is 91.0 Å². The standard InChI is InChI=1S/C39H39N5O3S/c1-38(2)25-44-36(47-26-38)34(24-40-44)48(46,42-37(45)41-35-32-20-12-13-27(32)23-28-21-22-33(28)35)43-39(29-14-6-3-7-15-29,30-16-8-4-9-17-30)31-18-10-5-11-19-31/h3-11,14-19,23-24H,12-13,20-22,25-26H2,1-2H3,(H2,41,42,43,45,46). The highest BCUT2D eigenvalue weighted by molar-refractivity contribution is 7.92. The molecule has 1 atom stereocenters. The maximum atomic E-state index is 15.9. The van der Waals surface area contributed by atoms with Crippen molar-refractivity contribution < 1.29 is 13.7 Å². The van der Waals surface area contributed by atoms with Gasteiger partial charge in [-0.1, -0.05) is 111 Å². The van der Waals surface area contributed by atoms with Gasteiger partial charge in [-0.25, -0.2) is 18.4 Å². The predicted molar refractivity (Wildman–Crippen MR) is 188 cm³/mol. The molecule has 1 unspecified atom stereocenters. The van der Waals surface area contributed by atoms with E-state index in [1.165, 1.54) is 22.3 Å². The Bertz CT molecular complexity index is 2040. The van der Waals surface area contributed by atoms with Crippen molar-refractivity contribution in [2.24, 2.45) is 9.78 Å². The van der Waals surface area contributed by atoms with Gasteiger partial charge in [-0.05, 0) is 71.0 Å². The Hall–Kier alpha value is -4.89. The molecule has 1 aromatic heterocycles. The quantitative estimate of drug-likeness (QED) is 0.178. The second-order valence-corrected chi connectivity index (χ2v) is 15.7. The number of nitrogens with one attached hydrogen (secondary N) is 2. The molecule has 48 heavy (non-hydrogen) atoms. The minimum Gasteiger partial charge on any atom is -0.476 e. The van der Waals surface area contributed by atoms with Crippen LogP contribution >= 0.6 is 0 Å². The maximum Gasteiger partial charge on any atom is 0.331 e. The number of carbonyl (C=O) groups excluding carboxylic acids is 1. The number of nitrogens with zero attached hydrogens (tertiary/aromatic N) is 3. The molecule has 2 aliphatic carbocycles. The molecule has 9 heteroatoms. The summed E-state index contributed by atoms with van der Waals surface area (Å²) in [5, 5.41) is 7.78. The molecule has 0 bridgehead atoms. The maximum absolute atomic E-state index is 15.9. The number of anilines is 1.